The second-order valence-corrected chi connectivity index (χ2v) is 5.87. The topological polar surface area (TPSA) is 84.2 Å². The highest BCUT2D eigenvalue weighted by molar-refractivity contribution is 7.89. The summed E-state index contributed by atoms with van der Waals surface area (Å²) >= 11 is 0. The number of pyridine rings is 1. The summed E-state index contributed by atoms with van der Waals surface area (Å²) < 4.78 is 32.5. The molecule has 1 unspecified atom stereocenters. The van der Waals surface area contributed by atoms with Crippen molar-refractivity contribution in [2.45, 2.75) is 24.9 Å². The molecule has 2 heterocycles. The molecule has 0 aliphatic rings. The molecule has 0 spiro atoms. The van der Waals surface area contributed by atoms with E-state index in [1.807, 2.05) is 6.92 Å². The van der Waals surface area contributed by atoms with Crippen LogP contribution in [-0.4, -0.2) is 19.9 Å². The second kappa shape index (κ2) is 6.06. The molecular weight excluding hydrogens is 278 g/mol. The highest BCUT2D eigenvalue weighted by Crippen LogP contribution is 2.21. The highest BCUT2D eigenvalue weighted by Gasteiger charge is 2.23. The fraction of sp³-hybridized carbons (Fsp3) is 0.308. The Labute approximate surface area is 118 Å². The third-order valence-electron chi connectivity index (χ3n) is 2.69. The van der Waals surface area contributed by atoms with Gasteiger partial charge in [0.1, 0.15) is 5.76 Å². The number of sulfonamides is 1. The van der Waals surface area contributed by atoms with Crippen LogP contribution >= 0.6 is 0 Å². The van der Waals surface area contributed by atoms with E-state index in [1.165, 1.54) is 12.5 Å². The molecule has 6 nitrogen and oxygen atoms in total. The molecule has 0 bridgehead atoms. The van der Waals surface area contributed by atoms with Crippen molar-refractivity contribution >= 4 is 15.7 Å². The van der Waals surface area contributed by atoms with E-state index in [4.69, 9.17) is 4.42 Å². The van der Waals surface area contributed by atoms with E-state index >= 15 is 0 Å². The van der Waals surface area contributed by atoms with E-state index in [2.05, 4.69) is 15.0 Å². The van der Waals surface area contributed by atoms with Gasteiger partial charge in [-0.2, -0.15) is 4.72 Å². The lowest BCUT2D eigenvalue weighted by molar-refractivity contribution is 0.459. The smallest absolute Gasteiger partial charge is 0.260 e. The van der Waals surface area contributed by atoms with Crippen LogP contribution in [-0.2, 0) is 10.0 Å². The molecule has 0 aromatic carbocycles. The Morgan fingerprint density at radius 2 is 2.15 bits per heavy atom. The molecule has 2 N–H and O–H groups in total. The number of furan rings is 1. The average molecular weight is 295 g/mol. The van der Waals surface area contributed by atoms with Crippen molar-refractivity contribution in [1.29, 1.82) is 0 Å². The fourth-order valence-electron chi connectivity index (χ4n) is 1.81. The Kier molecular flexibility index (Phi) is 4.41. The van der Waals surface area contributed by atoms with E-state index in [-0.39, 0.29) is 5.03 Å². The summed E-state index contributed by atoms with van der Waals surface area (Å²) in [6, 6.07) is 6.34. The number of aromatic nitrogens is 1. The molecule has 0 saturated heterocycles. The average Bonchev–Trinajstić information content (AvgIpc) is 2.93. The summed E-state index contributed by atoms with van der Waals surface area (Å²) in [5.41, 5.74) is 0.481. The second-order valence-electron chi connectivity index (χ2n) is 4.24. The number of nitrogens with one attached hydrogen (secondary N) is 2. The van der Waals surface area contributed by atoms with Crippen molar-refractivity contribution in [3.8, 4) is 0 Å². The first kappa shape index (κ1) is 14.5. The maximum Gasteiger partial charge on any atom is 0.260 e. The van der Waals surface area contributed by atoms with Gasteiger partial charge in [-0.3, -0.25) is 0 Å². The molecule has 2 aromatic rings. The summed E-state index contributed by atoms with van der Waals surface area (Å²) in [7, 11) is -3.72. The predicted octanol–water partition coefficient (Wildman–Crippen LogP) is 2.15. The highest BCUT2D eigenvalue weighted by atomic mass is 32.2. The summed E-state index contributed by atoms with van der Waals surface area (Å²) in [4.78, 5) is 3.96. The Hall–Kier alpha value is -1.86. The van der Waals surface area contributed by atoms with Gasteiger partial charge >= 0.3 is 0 Å². The molecule has 0 aliphatic heterocycles. The normalized spacial score (nSPS) is 13.1. The van der Waals surface area contributed by atoms with Crippen LogP contribution in [0.25, 0.3) is 0 Å². The summed E-state index contributed by atoms with van der Waals surface area (Å²) in [5.74, 6) is 0.550. The first-order valence-electron chi connectivity index (χ1n) is 6.29. The SMILES string of the molecule is CCNc1cccnc1S(=O)(=O)NC(C)c1ccco1. The fourth-order valence-corrected chi connectivity index (χ4v) is 3.14. The number of anilines is 1. The van der Waals surface area contributed by atoms with Crippen LogP contribution in [0.4, 0.5) is 5.69 Å². The predicted molar refractivity (Wildman–Crippen MR) is 75.8 cm³/mol. The van der Waals surface area contributed by atoms with E-state index in [1.54, 1.807) is 31.2 Å². The van der Waals surface area contributed by atoms with Gasteiger partial charge < -0.3 is 9.73 Å². The van der Waals surface area contributed by atoms with Gasteiger partial charge in [0.2, 0.25) is 0 Å². The lowest BCUT2D eigenvalue weighted by Gasteiger charge is -2.14. The van der Waals surface area contributed by atoms with Crippen molar-refractivity contribution in [3.63, 3.8) is 0 Å². The lowest BCUT2D eigenvalue weighted by atomic mass is 10.3. The van der Waals surface area contributed by atoms with Gasteiger partial charge in [-0.15, -0.1) is 0 Å². The zero-order chi connectivity index (χ0) is 14.6. The molecule has 20 heavy (non-hydrogen) atoms. The van der Waals surface area contributed by atoms with Crippen LogP contribution in [0, 0.1) is 0 Å². The quantitative estimate of drug-likeness (QED) is 0.853. The van der Waals surface area contributed by atoms with Gasteiger partial charge in [-0.1, -0.05) is 0 Å². The minimum absolute atomic E-state index is 0.0137. The molecular formula is C13H17N3O3S. The molecule has 2 rings (SSSR count). The minimum atomic E-state index is -3.72. The molecule has 0 saturated carbocycles. The first-order valence-corrected chi connectivity index (χ1v) is 7.77. The molecule has 2 aromatic heterocycles. The third kappa shape index (κ3) is 3.17. The molecule has 0 amide bonds. The number of rotatable bonds is 6. The summed E-state index contributed by atoms with van der Waals surface area (Å²) in [6.07, 6.45) is 2.96. The molecule has 0 aliphatic carbocycles. The molecule has 108 valence electrons. The summed E-state index contributed by atoms with van der Waals surface area (Å²) in [6.45, 7) is 4.22. The zero-order valence-corrected chi connectivity index (χ0v) is 12.1. The Bertz CT molecular complexity index is 653. The van der Waals surface area contributed by atoms with Crippen LogP contribution in [0.5, 0.6) is 0 Å². The van der Waals surface area contributed by atoms with Crippen LogP contribution in [0.3, 0.4) is 0 Å². The van der Waals surface area contributed by atoms with Gasteiger partial charge in [-0.25, -0.2) is 13.4 Å². The van der Waals surface area contributed by atoms with Gasteiger partial charge in [0, 0.05) is 12.7 Å². The maximum atomic E-state index is 12.4. The number of hydrogen-bond donors (Lipinski definition) is 2. The minimum Gasteiger partial charge on any atom is -0.468 e. The van der Waals surface area contributed by atoms with Gasteiger partial charge in [0.25, 0.3) is 10.0 Å². The summed E-state index contributed by atoms with van der Waals surface area (Å²) in [5, 5.41) is 2.97. The van der Waals surface area contributed by atoms with E-state index in [0.717, 1.165) is 0 Å². The van der Waals surface area contributed by atoms with Crippen LogP contribution in [0.2, 0.25) is 0 Å². The molecule has 0 fully saturated rings. The monoisotopic (exact) mass is 295 g/mol. The van der Waals surface area contributed by atoms with Crippen molar-refractivity contribution in [2.75, 3.05) is 11.9 Å². The molecule has 7 heteroatoms. The van der Waals surface area contributed by atoms with Gasteiger partial charge in [0.05, 0.1) is 18.0 Å². The Balaban J connectivity index is 2.27. The van der Waals surface area contributed by atoms with Crippen LogP contribution in [0.15, 0.2) is 46.2 Å². The van der Waals surface area contributed by atoms with Gasteiger partial charge in [-0.05, 0) is 38.1 Å². The van der Waals surface area contributed by atoms with E-state index < -0.39 is 16.1 Å². The van der Waals surface area contributed by atoms with Crippen LogP contribution in [0.1, 0.15) is 25.6 Å². The van der Waals surface area contributed by atoms with Gasteiger partial charge in [0.15, 0.2) is 5.03 Å². The number of nitrogens with zero attached hydrogens (tertiary/aromatic N) is 1. The Morgan fingerprint density at radius 3 is 2.80 bits per heavy atom. The largest absolute Gasteiger partial charge is 0.468 e. The van der Waals surface area contributed by atoms with Crippen LogP contribution < -0.4 is 10.0 Å². The van der Waals surface area contributed by atoms with Crippen molar-refractivity contribution < 1.29 is 12.8 Å². The lowest BCUT2D eigenvalue weighted by Crippen LogP contribution is -2.28. The number of hydrogen-bond acceptors (Lipinski definition) is 5. The molecule has 1 atom stereocenters. The first-order chi connectivity index (χ1) is 9.54. The standard InChI is InChI=1S/C13H17N3O3S/c1-3-14-11-6-4-8-15-13(11)20(17,18)16-10(2)12-7-5-9-19-12/h4-10,14,16H,3H2,1-2H3. The van der Waals surface area contributed by atoms with Crippen molar-refractivity contribution in [2.24, 2.45) is 0 Å². The van der Waals surface area contributed by atoms with Crippen molar-refractivity contribution in [3.05, 3.63) is 42.5 Å². The molecule has 0 radical (unpaired) electrons. The Morgan fingerprint density at radius 1 is 1.35 bits per heavy atom. The van der Waals surface area contributed by atoms with Crippen molar-refractivity contribution in [1.82, 2.24) is 9.71 Å². The van der Waals surface area contributed by atoms with E-state index in [9.17, 15) is 8.42 Å². The zero-order valence-electron chi connectivity index (χ0n) is 11.3. The maximum absolute atomic E-state index is 12.4. The van der Waals surface area contributed by atoms with E-state index in [0.29, 0.717) is 18.0 Å². The third-order valence-corrected chi connectivity index (χ3v) is 4.19.